The molecule has 1 heterocycles. The van der Waals surface area contributed by atoms with Gasteiger partial charge in [-0.2, -0.15) is 0 Å². The van der Waals surface area contributed by atoms with Gasteiger partial charge in [-0.1, -0.05) is 15.9 Å². The van der Waals surface area contributed by atoms with Crippen LogP contribution in [-0.4, -0.2) is 31.0 Å². The first-order chi connectivity index (χ1) is 8.14. The number of hydrogen-bond donors (Lipinski definition) is 1. The summed E-state index contributed by atoms with van der Waals surface area (Å²) in [4.78, 5) is 3.89. The fourth-order valence-electron chi connectivity index (χ4n) is 1.32. The number of halogens is 1. The first-order valence-corrected chi connectivity index (χ1v) is 8.33. The Morgan fingerprint density at radius 1 is 1.24 bits per heavy atom. The predicted molar refractivity (Wildman–Crippen MR) is 72.8 cm³/mol. The third-order valence-electron chi connectivity index (χ3n) is 2.29. The highest BCUT2D eigenvalue weighted by atomic mass is 79.9. The third-order valence-corrected chi connectivity index (χ3v) is 4.24. The molecule has 96 valence electrons. The van der Waals surface area contributed by atoms with Crippen LogP contribution in [0.5, 0.6) is 0 Å². The molecule has 1 aromatic rings. The minimum absolute atomic E-state index is 0.130. The van der Waals surface area contributed by atoms with Gasteiger partial charge in [0, 0.05) is 24.3 Å². The zero-order chi connectivity index (χ0) is 12.6. The van der Waals surface area contributed by atoms with Crippen LogP contribution >= 0.6 is 15.9 Å². The van der Waals surface area contributed by atoms with Crippen molar-refractivity contribution >= 4 is 26.0 Å². The molecule has 0 aliphatic carbocycles. The number of nitrogens with zero attached hydrogens (tertiary/aromatic N) is 1. The van der Waals surface area contributed by atoms with Crippen molar-refractivity contribution in [2.75, 3.05) is 17.6 Å². The van der Waals surface area contributed by atoms with E-state index in [1.807, 2.05) is 12.1 Å². The number of rotatable bonds is 8. The SMILES string of the molecule is O=S(=O)(CCc1ccncc1)NCCCCBr. The Bertz CT molecular complexity index is 409. The fourth-order valence-corrected chi connectivity index (χ4v) is 2.82. The van der Waals surface area contributed by atoms with E-state index in [-0.39, 0.29) is 5.75 Å². The van der Waals surface area contributed by atoms with Crippen LogP contribution in [0.15, 0.2) is 24.5 Å². The van der Waals surface area contributed by atoms with Gasteiger partial charge in [0.1, 0.15) is 0 Å². The van der Waals surface area contributed by atoms with Gasteiger partial charge in [0.05, 0.1) is 5.75 Å². The maximum Gasteiger partial charge on any atom is 0.211 e. The monoisotopic (exact) mass is 320 g/mol. The Balaban J connectivity index is 2.30. The van der Waals surface area contributed by atoms with E-state index in [0.29, 0.717) is 13.0 Å². The van der Waals surface area contributed by atoms with Crippen molar-refractivity contribution in [2.24, 2.45) is 0 Å². The largest absolute Gasteiger partial charge is 0.265 e. The van der Waals surface area contributed by atoms with Crippen molar-refractivity contribution < 1.29 is 8.42 Å². The van der Waals surface area contributed by atoms with Gasteiger partial charge >= 0.3 is 0 Å². The molecule has 0 saturated carbocycles. The average Bonchev–Trinajstić information content (AvgIpc) is 2.34. The number of aromatic nitrogens is 1. The molecule has 1 rings (SSSR count). The van der Waals surface area contributed by atoms with E-state index >= 15 is 0 Å². The van der Waals surface area contributed by atoms with Gasteiger partial charge in [-0.25, -0.2) is 13.1 Å². The lowest BCUT2D eigenvalue weighted by molar-refractivity contribution is 0.578. The van der Waals surface area contributed by atoms with Gasteiger partial charge < -0.3 is 0 Å². The van der Waals surface area contributed by atoms with E-state index in [2.05, 4.69) is 25.6 Å². The minimum atomic E-state index is -3.15. The maximum atomic E-state index is 11.6. The standard InChI is InChI=1S/C11H17BrN2O2S/c12-6-1-2-7-14-17(15,16)10-5-11-3-8-13-9-4-11/h3-4,8-9,14H,1-2,5-7,10H2. The second kappa shape index (κ2) is 7.79. The van der Waals surface area contributed by atoms with Gasteiger partial charge in [0.15, 0.2) is 0 Å². The van der Waals surface area contributed by atoms with E-state index in [9.17, 15) is 8.42 Å². The van der Waals surface area contributed by atoms with Crippen LogP contribution in [-0.2, 0) is 16.4 Å². The van der Waals surface area contributed by atoms with E-state index in [4.69, 9.17) is 0 Å². The zero-order valence-corrected chi connectivity index (χ0v) is 12.0. The van der Waals surface area contributed by atoms with Crippen molar-refractivity contribution in [2.45, 2.75) is 19.3 Å². The Morgan fingerprint density at radius 2 is 1.94 bits per heavy atom. The Morgan fingerprint density at radius 3 is 2.59 bits per heavy atom. The van der Waals surface area contributed by atoms with Gasteiger partial charge in [-0.05, 0) is 37.0 Å². The van der Waals surface area contributed by atoms with E-state index in [0.717, 1.165) is 23.7 Å². The summed E-state index contributed by atoms with van der Waals surface area (Å²) >= 11 is 3.31. The topological polar surface area (TPSA) is 59.1 Å². The van der Waals surface area contributed by atoms with Gasteiger partial charge in [0.2, 0.25) is 10.0 Å². The summed E-state index contributed by atoms with van der Waals surface area (Å²) < 4.78 is 25.9. The maximum absolute atomic E-state index is 11.6. The molecule has 0 saturated heterocycles. The lowest BCUT2D eigenvalue weighted by atomic mass is 10.2. The van der Waals surface area contributed by atoms with Crippen molar-refractivity contribution in [3.63, 3.8) is 0 Å². The molecule has 0 aliphatic rings. The van der Waals surface area contributed by atoms with Crippen LogP contribution in [0.25, 0.3) is 0 Å². The Kier molecular flexibility index (Phi) is 6.69. The molecule has 6 heteroatoms. The van der Waals surface area contributed by atoms with Crippen LogP contribution in [0, 0.1) is 0 Å². The summed E-state index contributed by atoms with van der Waals surface area (Å²) in [6.07, 6.45) is 5.71. The summed E-state index contributed by atoms with van der Waals surface area (Å²) in [6.45, 7) is 0.518. The highest BCUT2D eigenvalue weighted by Gasteiger charge is 2.09. The lowest BCUT2D eigenvalue weighted by Gasteiger charge is -2.06. The molecule has 0 unspecified atom stereocenters. The van der Waals surface area contributed by atoms with Gasteiger partial charge in [0.25, 0.3) is 0 Å². The quantitative estimate of drug-likeness (QED) is 0.586. The summed E-state index contributed by atoms with van der Waals surface area (Å²) in [5.74, 6) is 0.130. The third kappa shape index (κ3) is 6.75. The minimum Gasteiger partial charge on any atom is -0.265 e. The Labute approximate surface area is 111 Å². The van der Waals surface area contributed by atoms with E-state index in [1.54, 1.807) is 12.4 Å². The predicted octanol–water partition coefficient (Wildman–Crippen LogP) is 1.72. The molecule has 0 aromatic carbocycles. The summed E-state index contributed by atoms with van der Waals surface area (Å²) in [7, 11) is -3.15. The zero-order valence-electron chi connectivity index (χ0n) is 9.60. The number of nitrogens with one attached hydrogen (secondary N) is 1. The summed E-state index contributed by atoms with van der Waals surface area (Å²) in [5, 5.41) is 0.908. The molecule has 4 nitrogen and oxygen atoms in total. The molecule has 0 bridgehead atoms. The van der Waals surface area contributed by atoms with Crippen LogP contribution < -0.4 is 4.72 Å². The number of hydrogen-bond acceptors (Lipinski definition) is 3. The normalized spacial score (nSPS) is 11.6. The number of sulfonamides is 1. The second-order valence-corrected chi connectivity index (χ2v) is 6.43. The summed E-state index contributed by atoms with van der Waals surface area (Å²) in [5.41, 5.74) is 0.992. The van der Waals surface area contributed by atoms with Crippen molar-refractivity contribution in [1.82, 2.24) is 9.71 Å². The molecule has 1 aromatic heterocycles. The number of alkyl halides is 1. The number of pyridine rings is 1. The van der Waals surface area contributed by atoms with E-state index in [1.165, 1.54) is 0 Å². The first kappa shape index (κ1) is 14.6. The van der Waals surface area contributed by atoms with Crippen molar-refractivity contribution in [3.8, 4) is 0 Å². The molecular weight excluding hydrogens is 304 g/mol. The molecule has 0 fully saturated rings. The fraction of sp³-hybridized carbons (Fsp3) is 0.545. The van der Waals surface area contributed by atoms with Crippen molar-refractivity contribution in [3.05, 3.63) is 30.1 Å². The molecule has 17 heavy (non-hydrogen) atoms. The van der Waals surface area contributed by atoms with Crippen molar-refractivity contribution in [1.29, 1.82) is 0 Å². The van der Waals surface area contributed by atoms with Crippen LogP contribution in [0.4, 0.5) is 0 Å². The van der Waals surface area contributed by atoms with E-state index < -0.39 is 10.0 Å². The second-order valence-electron chi connectivity index (χ2n) is 3.71. The molecular formula is C11H17BrN2O2S. The van der Waals surface area contributed by atoms with Gasteiger partial charge in [-0.3, -0.25) is 4.98 Å². The number of unbranched alkanes of at least 4 members (excludes halogenated alkanes) is 1. The highest BCUT2D eigenvalue weighted by molar-refractivity contribution is 9.09. The first-order valence-electron chi connectivity index (χ1n) is 5.56. The summed E-state index contributed by atoms with van der Waals surface area (Å²) in [6, 6.07) is 3.67. The molecule has 0 radical (unpaired) electrons. The van der Waals surface area contributed by atoms with Crippen LogP contribution in [0.2, 0.25) is 0 Å². The van der Waals surface area contributed by atoms with Crippen LogP contribution in [0.3, 0.4) is 0 Å². The molecule has 0 spiro atoms. The molecule has 0 aliphatic heterocycles. The molecule has 0 amide bonds. The molecule has 0 atom stereocenters. The van der Waals surface area contributed by atoms with Crippen LogP contribution in [0.1, 0.15) is 18.4 Å². The smallest absolute Gasteiger partial charge is 0.211 e. The average molecular weight is 321 g/mol. The number of aryl methyl sites for hydroxylation is 1. The van der Waals surface area contributed by atoms with Gasteiger partial charge in [-0.15, -0.1) is 0 Å². The molecule has 1 N–H and O–H groups in total. The highest BCUT2D eigenvalue weighted by Crippen LogP contribution is 2.00. The Hall–Kier alpha value is -0.460. The lowest BCUT2D eigenvalue weighted by Crippen LogP contribution is -2.28.